The van der Waals surface area contributed by atoms with Gasteiger partial charge in [-0.15, -0.1) is 0 Å². The molecule has 3 N–H and O–H groups in total. The van der Waals surface area contributed by atoms with Crippen molar-refractivity contribution in [3.8, 4) is 5.75 Å². The second-order valence-corrected chi connectivity index (χ2v) is 7.84. The lowest BCUT2D eigenvalue weighted by Gasteiger charge is -2.25. The van der Waals surface area contributed by atoms with E-state index in [9.17, 15) is 23.1 Å². The molecule has 30 heavy (non-hydrogen) atoms. The van der Waals surface area contributed by atoms with E-state index in [-0.39, 0.29) is 36.9 Å². The molecule has 170 valence electrons. The number of ether oxygens (including phenoxy) is 1. The average Bonchev–Trinajstić information content (AvgIpc) is 2.61. The number of likely N-dealkylation sites (N-methyl/N-ethyl adjacent to an activating group) is 1. The number of nitrogens with one attached hydrogen (secondary N) is 2. The highest BCUT2D eigenvalue weighted by atomic mass is 19.4. The van der Waals surface area contributed by atoms with E-state index in [1.165, 1.54) is 12.1 Å². The fourth-order valence-electron chi connectivity index (χ4n) is 2.39. The molecule has 0 spiro atoms. The molecule has 0 saturated carbocycles. The van der Waals surface area contributed by atoms with Gasteiger partial charge < -0.3 is 25.4 Å². The number of hydrogen-bond donors (Lipinski definition) is 3. The normalized spacial score (nSPS) is 13.6. The summed E-state index contributed by atoms with van der Waals surface area (Å²) in [6.45, 7) is 8.05. The van der Waals surface area contributed by atoms with Crippen molar-refractivity contribution in [1.29, 1.82) is 0 Å². The number of hydrogen-bond acceptors (Lipinski definition) is 4. The quantitative estimate of drug-likeness (QED) is 0.433. The summed E-state index contributed by atoms with van der Waals surface area (Å²) in [6.07, 6.45) is -5.39. The molecule has 7 nitrogen and oxygen atoms in total. The molecule has 1 aromatic carbocycles. The fraction of sp³-hybridized carbons (Fsp3) is 0.600. The van der Waals surface area contributed by atoms with Crippen LogP contribution in [0.25, 0.3) is 0 Å². The van der Waals surface area contributed by atoms with Gasteiger partial charge in [-0.25, -0.2) is 0 Å². The van der Waals surface area contributed by atoms with E-state index in [1.54, 1.807) is 11.9 Å². The van der Waals surface area contributed by atoms with Crippen molar-refractivity contribution in [3.63, 3.8) is 0 Å². The molecule has 0 fully saturated rings. The number of carbonyl (C=O) groups excluding carboxylic acids is 1. The predicted molar refractivity (Wildman–Crippen MR) is 109 cm³/mol. The van der Waals surface area contributed by atoms with Crippen molar-refractivity contribution in [2.24, 2.45) is 4.99 Å². The second kappa shape index (κ2) is 11.1. The minimum absolute atomic E-state index is 0.00576. The van der Waals surface area contributed by atoms with Gasteiger partial charge in [-0.05, 0) is 52.0 Å². The number of guanidine groups is 1. The van der Waals surface area contributed by atoms with Crippen LogP contribution >= 0.6 is 0 Å². The van der Waals surface area contributed by atoms with Gasteiger partial charge in [0.05, 0.1) is 18.7 Å². The van der Waals surface area contributed by atoms with Crippen LogP contribution in [0.2, 0.25) is 0 Å². The van der Waals surface area contributed by atoms with Gasteiger partial charge in [0, 0.05) is 19.1 Å². The van der Waals surface area contributed by atoms with Crippen LogP contribution in [0, 0.1) is 0 Å². The number of amides is 1. The zero-order valence-corrected chi connectivity index (χ0v) is 18.0. The Labute approximate surface area is 175 Å². The third-order valence-corrected chi connectivity index (χ3v) is 3.67. The van der Waals surface area contributed by atoms with Crippen molar-refractivity contribution >= 4 is 11.9 Å². The lowest BCUT2D eigenvalue weighted by atomic mass is 10.1. The zero-order chi connectivity index (χ0) is 22.9. The number of halogens is 3. The van der Waals surface area contributed by atoms with Crippen LogP contribution in [0.15, 0.2) is 29.3 Å². The number of carbonyl (C=O) groups is 1. The van der Waals surface area contributed by atoms with Gasteiger partial charge in [-0.2, -0.15) is 13.2 Å². The monoisotopic (exact) mass is 432 g/mol. The highest BCUT2D eigenvalue weighted by molar-refractivity contribution is 5.86. The Morgan fingerprint density at radius 2 is 1.83 bits per heavy atom. The van der Waals surface area contributed by atoms with Crippen LogP contribution in [-0.4, -0.2) is 66.8 Å². The number of alkyl halides is 3. The maximum absolute atomic E-state index is 12.6. The van der Waals surface area contributed by atoms with Gasteiger partial charge in [0.1, 0.15) is 18.5 Å². The van der Waals surface area contributed by atoms with Gasteiger partial charge in [0.15, 0.2) is 5.96 Å². The molecule has 1 amide bonds. The predicted octanol–water partition coefficient (Wildman–Crippen LogP) is 2.26. The van der Waals surface area contributed by atoms with Crippen molar-refractivity contribution in [2.75, 3.05) is 33.3 Å². The van der Waals surface area contributed by atoms with Crippen LogP contribution < -0.4 is 15.4 Å². The third kappa shape index (κ3) is 9.82. The van der Waals surface area contributed by atoms with E-state index >= 15 is 0 Å². The van der Waals surface area contributed by atoms with Gasteiger partial charge in [-0.1, -0.05) is 0 Å². The van der Waals surface area contributed by atoms with Crippen LogP contribution in [0.4, 0.5) is 13.2 Å². The highest BCUT2D eigenvalue weighted by Gasteiger charge is 2.30. The van der Waals surface area contributed by atoms with Crippen molar-refractivity contribution in [1.82, 2.24) is 15.5 Å². The highest BCUT2D eigenvalue weighted by Crippen LogP contribution is 2.30. The first-order valence-corrected chi connectivity index (χ1v) is 9.60. The Hall–Kier alpha value is -2.49. The van der Waals surface area contributed by atoms with Crippen molar-refractivity contribution in [3.05, 3.63) is 29.8 Å². The number of aliphatic imine (C=N–C) groups is 1. The van der Waals surface area contributed by atoms with E-state index in [1.807, 2.05) is 27.7 Å². The molecule has 1 rings (SSSR count). The van der Waals surface area contributed by atoms with E-state index in [0.717, 1.165) is 12.1 Å². The van der Waals surface area contributed by atoms with Gasteiger partial charge >= 0.3 is 6.18 Å². The molecule has 0 aliphatic heterocycles. The van der Waals surface area contributed by atoms with Gasteiger partial charge in [0.2, 0.25) is 5.91 Å². The number of aliphatic hydroxyl groups excluding tert-OH is 1. The van der Waals surface area contributed by atoms with Crippen LogP contribution in [-0.2, 0) is 11.0 Å². The maximum atomic E-state index is 12.6. The molecule has 1 atom stereocenters. The first-order valence-electron chi connectivity index (χ1n) is 9.60. The van der Waals surface area contributed by atoms with Crippen LogP contribution in [0.3, 0.4) is 0 Å². The Balaban J connectivity index is 2.59. The summed E-state index contributed by atoms with van der Waals surface area (Å²) in [5.74, 6) is 0.492. The number of aliphatic hydroxyl groups is 1. The lowest BCUT2D eigenvalue weighted by molar-refractivity contribution is -0.137. The largest absolute Gasteiger partial charge is 0.491 e. The molecule has 0 bridgehead atoms. The third-order valence-electron chi connectivity index (χ3n) is 3.67. The molecule has 0 heterocycles. The van der Waals surface area contributed by atoms with Crippen LogP contribution in [0.5, 0.6) is 5.75 Å². The summed E-state index contributed by atoms with van der Waals surface area (Å²) in [5, 5.41) is 16.0. The van der Waals surface area contributed by atoms with E-state index in [0.29, 0.717) is 12.5 Å². The molecule has 1 aromatic rings. The second-order valence-electron chi connectivity index (χ2n) is 7.84. The molecular formula is C20H31F3N4O3. The first-order chi connectivity index (χ1) is 13.8. The molecule has 0 radical (unpaired) electrons. The molecule has 10 heteroatoms. The molecule has 0 aromatic heterocycles. The molecular weight excluding hydrogens is 401 g/mol. The number of nitrogens with zero attached hydrogens (tertiary/aromatic N) is 2. The van der Waals surface area contributed by atoms with Gasteiger partial charge in [0.25, 0.3) is 0 Å². The minimum atomic E-state index is -4.41. The van der Waals surface area contributed by atoms with Gasteiger partial charge in [-0.3, -0.25) is 9.79 Å². The fourth-order valence-corrected chi connectivity index (χ4v) is 2.39. The summed E-state index contributed by atoms with van der Waals surface area (Å²) in [7, 11) is 1.70. The van der Waals surface area contributed by atoms with E-state index in [4.69, 9.17) is 4.74 Å². The topological polar surface area (TPSA) is 86.2 Å². The summed E-state index contributed by atoms with van der Waals surface area (Å²) < 4.78 is 43.0. The van der Waals surface area contributed by atoms with Crippen molar-refractivity contribution in [2.45, 2.75) is 45.5 Å². The molecule has 1 unspecified atom stereocenters. The summed E-state index contributed by atoms with van der Waals surface area (Å²) in [4.78, 5) is 18.0. The lowest BCUT2D eigenvalue weighted by Crippen LogP contribution is -2.49. The smallest absolute Gasteiger partial charge is 0.416 e. The Kier molecular flexibility index (Phi) is 9.41. The van der Waals surface area contributed by atoms with Crippen LogP contribution in [0.1, 0.15) is 33.3 Å². The van der Waals surface area contributed by atoms with E-state index in [2.05, 4.69) is 15.6 Å². The SMILES string of the molecule is CCNC(=NCC(O)COc1ccc(C(F)(F)F)cc1)N(C)CC(=O)NC(C)(C)C. The first kappa shape index (κ1) is 25.5. The molecule has 0 aliphatic rings. The van der Waals surface area contributed by atoms with Crippen molar-refractivity contribution < 1.29 is 27.8 Å². The summed E-state index contributed by atoms with van der Waals surface area (Å²) in [5.41, 5.74) is -1.12. The Bertz CT molecular complexity index is 701. The number of rotatable bonds is 8. The Morgan fingerprint density at radius 3 is 2.33 bits per heavy atom. The molecule has 0 aliphatic carbocycles. The zero-order valence-electron chi connectivity index (χ0n) is 18.0. The summed E-state index contributed by atoms with van der Waals surface area (Å²) in [6, 6.07) is 4.23. The maximum Gasteiger partial charge on any atom is 0.416 e. The number of benzene rings is 1. The molecule has 0 saturated heterocycles. The minimum Gasteiger partial charge on any atom is -0.491 e. The Morgan fingerprint density at radius 1 is 1.23 bits per heavy atom. The summed E-state index contributed by atoms with van der Waals surface area (Å²) >= 11 is 0. The standard InChI is InChI=1S/C20H31F3N4O3/c1-6-24-18(27(5)12-17(29)26-19(2,3)4)25-11-15(28)13-30-16-9-7-14(8-10-16)20(21,22)23/h7-10,15,28H,6,11-13H2,1-5H3,(H,24,25)(H,26,29). The average molecular weight is 432 g/mol. The van der Waals surface area contributed by atoms with E-state index < -0.39 is 17.8 Å².